The van der Waals surface area contributed by atoms with Crippen molar-refractivity contribution in [1.82, 2.24) is 10.2 Å². The van der Waals surface area contributed by atoms with Gasteiger partial charge < -0.3 is 9.73 Å². The molecule has 1 saturated heterocycles. The SMILES string of the molecule is CCc1ccc(CN(CC2CCCCN2)C2CC2)o1. The van der Waals surface area contributed by atoms with Crippen molar-refractivity contribution in [1.29, 1.82) is 0 Å². The highest BCUT2D eigenvalue weighted by Crippen LogP contribution is 2.29. The molecule has 106 valence electrons. The number of aryl methyl sites for hydroxylation is 1. The minimum absolute atomic E-state index is 0.690. The van der Waals surface area contributed by atoms with E-state index in [-0.39, 0.29) is 0 Å². The zero-order valence-electron chi connectivity index (χ0n) is 12.0. The minimum atomic E-state index is 0.690. The molecule has 2 aliphatic rings. The third-order valence-electron chi connectivity index (χ3n) is 4.36. The zero-order valence-corrected chi connectivity index (χ0v) is 12.0. The number of piperidine rings is 1. The fraction of sp³-hybridized carbons (Fsp3) is 0.750. The number of rotatable bonds is 6. The molecular weight excluding hydrogens is 236 g/mol. The standard InChI is InChI=1S/C16H26N2O/c1-2-15-8-9-16(19-15)12-18(14-6-7-14)11-13-5-3-4-10-17-13/h8-9,13-14,17H,2-7,10-12H2,1H3. The highest BCUT2D eigenvalue weighted by atomic mass is 16.3. The largest absolute Gasteiger partial charge is 0.465 e. The Bertz CT molecular complexity index is 391. The fourth-order valence-electron chi connectivity index (χ4n) is 3.04. The lowest BCUT2D eigenvalue weighted by molar-refractivity contribution is 0.193. The second-order valence-electron chi connectivity index (χ2n) is 6.03. The predicted octanol–water partition coefficient (Wildman–Crippen LogP) is 2.95. The molecule has 2 fully saturated rings. The summed E-state index contributed by atoms with van der Waals surface area (Å²) in [7, 11) is 0. The molecule has 3 nitrogen and oxygen atoms in total. The lowest BCUT2D eigenvalue weighted by atomic mass is 10.0. The smallest absolute Gasteiger partial charge is 0.118 e. The quantitative estimate of drug-likeness (QED) is 0.854. The predicted molar refractivity (Wildman–Crippen MR) is 77.2 cm³/mol. The lowest BCUT2D eigenvalue weighted by Gasteiger charge is -2.30. The van der Waals surface area contributed by atoms with E-state index in [1.165, 1.54) is 45.2 Å². The van der Waals surface area contributed by atoms with Gasteiger partial charge in [-0.25, -0.2) is 0 Å². The van der Waals surface area contributed by atoms with Gasteiger partial charge in [-0.2, -0.15) is 0 Å². The molecule has 1 saturated carbocycles. The van der Waals surface area contributed by atoms with E-state index in [0.717, 1.165) is 30.5 Å². The van der Waals surface area contributed by atoms with E-state index in [9.17, 15) is 0 Å². The van der Waals surface area contributed by atoms with Crippen molar-refractivity contribution in [3.63, 3.8) is 0 Å². The molecule has 0 radical (unpaired) electrons. The maximum absolute atomic E-state index is 5.87. The van der Waals surface area contributed by atoms with E-state index >= 15 is 0 Å². The average Bonchev–Trinajstić information content (AvgIpc) is 3.20. The van der Waals surface area contributed by atoms with E-state index in [0.29, 0.717) is 6.04 Å². The van der Waals surface area contributed by atoms with Crippen LogP contribution in [0.1, 0.15) is 50.5 Å². The van der Waals surface area contributed by atoms with Crippen molar-refractivity contribution < 1.29 is 4.42 Å². The first-order valence-electron chi connectivity index (χ1n) is 7.90. The van der Waals surface area contributed by atoms with Crippen LogP contribution in [0.5, 0.6) is 0 Å². The highest BCUT2D eigenvalue weighted by molar-refractivity contribution is 5.07. The average molecular weight is 262 g/mol. The molecule has 0 aromatic carbocycles. The number of nitrogens with one attached hydrogen (secondary N) is 1. The molecule has 1 aliphatic carbocycles. The van der Waals surface area contributed by atoms with Crippen LogP contribution in [-0.2, 0) is 13.0 Å². The van der Waals surface area contributed by atoms with Crippen molar-refractivity contribution in [2.75, 3.05) is 13.1 Å². The molecule has 1 aromatic heterocycles. The Hall–Kier alpha value is -0.800. The first-order valence-corrected chi connectivity index (χ1v) is 7.90. The Balaban J connectivity index is 1.57. The minimum Gasteiger partial charge on any atom is -0.465 e. The summed E-state index contributed by atoms with van der Waals surface area (Å²) in [5.41, 5.74) is 0. The Morgan fingerprint density at radius 1 is 1.21 bits per heavy atom. The summed E-state index contributed by atoms with van der Waals surface area (Å²) < 4.78 is 5.87. The van der Waals surface area contributed by atoms with Crippen LogP contribution in [0.25, 0.3) is 0 Å². The second-order valence-corrected chi connectivity index (χ2v) is 6.03. The van der Waals surface area contributed by atoms with Gasteiger partial charge in [0.2, 0.25) is 0 Å². The third-order valence-corrected chi connectivity index (χ3v) is 4.36. The van der Waals surface area contributed by atoms with Crippen LogP contribution in [0, 0.1) is 0 Å². The molecule has 3 rings (SSSR count). The summed E-state index contributed by atoms with van der Waals surface area (Å²) in [4.78, 5) is 2.63. The molecule has 1 aromatic rings. The van der Waals surface area contributed by atoms with Crippen LogP contribution in [-0.4, -0.2) is 30.1 Å². The van der Waals surface area contributed by atoms with Gasteiger partial charge in [-0.15, -0.1) is 0 Å². The zero-order chi connectivity index (χ0) is 13.1. The van der Waals surface area contributed by atoms with Gasteiger partial charge in [0.1, 0.15) is 11.5 Å². The topological polar surface area (TPSA) is 28.4 Å². The number of furan rings is 1. The Morgan fingerprint density at radius 2 is 2.05 bits per heavy atom. The van der Waals surface area contributed by atoms with E-state index in [1.54, 1.807) is 0 Å². The Morgan fingerprint density at radius 3 is 2.68 bits per heavy atom. The van der Waals surface area contributed by atoms with Crippen molar-refractivity contribution >= 4 is 0 Å². The summed E-state index contributed by atoms with van der Waals surface area (Å²) in [6, 6.07) is 5.77. The van der Waals surface area contributed by atoms with Gasteiger partial charge in [0, 0.05) is 25.0 Å². The maximum atomic E-state index is 5.87. The van der Waals surface area contributed by atoms with E-state index in [4.69, 9.17) is 4.42 Å². The number of hydrogen-bond donors (Lipinski definition) is 1. The van der Waals surface area contributed by atoms with Crippen molar-refractivity contribution in [3.05, 3.63) is 23.7 Å². The van der Waals surface area contributed by atoms with Crippen molar-refractivity contribution in [3.8, 4) is 0 Å². The molecule has 0 spiro atoms. The number of nitrogens with zero attached hydrogens (tertiary/aromatic N) is 1. The second kappa shape index (κ2) is 6.10. The first-order chi connectivity index (χ1) is 9.35. The van der Waals surface area contributed by atoms with Crippen LogP contribution in [0.15, 0.2) is 16.5 Å². The lowest BCUT2D eigenvalue weighted by Crippen LogP contribution is -2.44. The number of hydrogen-bond acceptors (Lipinski definition) is 3. The molecule has 2 heterocycles. The summed E-state index contributed by atoms with van der Waals surface area (Å²) in [5.74, 6) is 2.25. The molecule has 3 heteroatoms. The highest BCUT2D eigenvalue weighted by Gasteiger charge is 2.31. The Labute approximate surface area is 116 Å². The maximum Gasteiger partial charge on any atom is 0.118 e. The monoisotopic (exact) mass is 262 g/mol. The van der Waals surface area contributed by atoms with E-state index in [2.05, 4.69) is 29.3 Å². The first kappa shape index (κ1) is 13.2. The normalized spacial score (nSPS) is 24.0. The van der Waals surface area contributed by atoms with Gasteiger partial charge in [0.15, 0.2) is 0 Å². The van der Waals surface area contributed by atoms with E-state index < -0.39 is 0 Å². The van der Waals surface area contributed by atoms with Gasteiger partial charge in [0.05, 0.1) is 6.54 Å². The van der Waals surface area contributed by atoms with Gasteiger partial charge in [-0.05, 0) is 44.4 Å². The summed E-state index contributed by atoms with van der Waals surface area (Å²) in [6.45, 7) is 5.52. The molecule has 1 N–H and O–H groups in total. The van der Waals surface area contributed by atoms with Gasteiger partial charge in [-0.3, -0.25) is 4.90 Å². The molecule has 0 bridgehead atoms. The van der Waals surface area contributed by atoms with Crippen LogP contribution in [0.3, 0.4) is 0 Å². The molecule has 19 heavy (non-hydrogen) atoms. The fourth-order valence-corrected chi connectivity index (χ4v) is 3.04. The summed E-state index contributed by atoms with van der Waals surface area (Å²) >= 11 is 0. The summed E-state index contributed by atoms with van der Waals surface area (Å²) in [5, 5.41) is 3.66. The van der Waals surface area contributed by atoms with E-state index in [1.807, 2.05) is 0 Å². The van der Waals surface area contributed by atoms with Crippen LogP contribution in [0.4, 0.5) is 0 Å². The molecule has 0 amide bonds. The Kier molecular flexibility index (Phi) is 4.24. The van der Waals surface area contributed by atoms with Crippen LogP contribution >= 0.6 is 0 Å². The third kappa shape index (κ3) is 3.61. The van der Waals surface area contributed by atoms with Crippen molar-refractivity contribution in [2.45, 2.75) is 64.1 Å². The van der Waals surface area contributed by atoms with Crippen LogP contribution < -0.4 is 5.32 Å². The van der Waals surface area contributed by atoms with Gasteiger partial charge in [-0.1, -0.05) is 13.3 Å². The van der Waals surface area contributed by atoms with Crippen LogP contribution in [0.2, 0.25) is 0 Å². The molecule has 1 aliphatic heterocycles. The van der Waals surface area contributed by atoms with Gasteiger partial charge in [0.25, 0.3) is 0 Å². The van der Waals surface area contributed by atoms with Gasteiger partial charge >= 0.3 is 0 Å². The molecular formula is C16H26N2O. The van der Waals surface area contributed by atoms with Crippen molar-refractivity contribution in [2.24, 2.45) is 0 Å². The molecule has 1 atom stereocenters. The molecule has 1 unspecified atom stereocenters. The summed E-state index contributed by atoms with van der Waals surface area (Å²) in [6.07, 6.45) is 7.80.